The Labute approximate surface area is 152 Å². The van der Waals surface area contributed by atoms with Gasteiger partial charge in [0.05, 0.1) is 17.2 Å². The highest BCUT2D eigenvalue weighted by molar-refractivity contribution is 6.40. The molecular formula is C15H12Cl3NO5. The van der Waals surface area contributed by atoms with Crippen LogP contribution in [0.2, 0.25) is 15.1 Å². The Kier molecular flexibility index (Phi) is 6.36. The second kappa shape index (κ2) is 8.28. The minimum Gasteiger partial charge on any atom is -0.483 e. The molecule has 1 N–H and O–H groups in total. The highest BCUT2D eigenvalue weighted by Gasteiger charge is 2.14. The smallest absolute Gasteiger partial charge is 0.325 e. The van der Waals surface area contributed by atoms with E-state index in [1.807, 2.05) is 0 Å². The number of methoxy groups -OCH3 is 1. The van der Waals surface area contributed by atoms with E-state index < -0.39 is 11.9 Å². The predicted molar refractivity (Wildman–Crippen MR) is 88.9 cm³/mol. The van der Waals surface area contributed by atoms with Gasteiger partial charge < -0.3 is 19.2 Å². The fourth-order valence-electron chi connectivity index (χ4n) is 1.70. The van der Waals surface area contributed by atoms with Crippen molar-refractivity contribution in [3.8, 4) is 5.75 Å². The second-order valence-electron chi connectivity index (χ2n) is 4.51. The third-order valence-corrected chi connectivity index (χ3v) is 3.61. The lowest BCUT2D eigenvalue weighted by Crippen LogP contribution is -2.29. The summed E-state index contributed by atoms with van der Waals surface area (Å²) < 4.78 is 15.3. The first kappa shape index (κ1) is 18.4. The van der Waals surface area contributed by atoms with E-state index in [9.17, 15) is 9.59 Å². The zero-order chi connectivity index (χ0) is 17.7. The summed E-state index contributed by atoms with van der Waals surface area (Å²) >= 11 is 17.8. The number of amides is 1. The molecule has 0 saturated carbocycles. The summed E-state index contributed by atoms with van der Waals surface area (Å²) in [6, 6.07) is 6.01. The van der Waals surface area contributed by atoms with Gasteiger partial charge in [0.15, 0.2) is 11.5 Å². The minimum absolute atomic E-state index is 0.00531. The van der Waals surface area contributed by atoms with Gasteiger partial charge in [-0.3, -0.25) is 9.59 Å². The number of benzene rings is 1. The monoisotopic (exact) mass is 391 g/mol. The molecule has 0 aliphatic rings. The number of esters is 1. The van der Waals surface area contributed by atoms with E-state index in [1.54, 1.807) is 6.07 Å². The predicted octanol–water partition coefficient (Wildman–Crippen LogP) is 3.72. The van der Waals surface area contributed by atoms with E-state index in [-0.39, 0.29) is 34.7 Å². The van der Waals surface area contributed by atoms with Gasteiger partial charge in [0.1, 0.15) is 18.9 Å². The van der Waals surface area contributed by atoms with Crippen LogP contribution in [0, 0.1) is 0 Å². The molecule has 0 atom stereocenters. The van der Waals surface area contributed by atoms with Gasteiger partial charge in [0.2, 0.25) is 0 Å². The summed E-state index contributed by atoms with van der Waals surface area (Å²) in [5, 5.41) is 3.26. The molecule has 9 heteroatoms. The van der Waals surface area contributed by atoms with E-state index in [2.05, 4.69) is 10.1 Å². The molecule has 0 unspecified atom stereocenters. The number of carbonyl (C=O) groups excluding carboxylic acids is 2. The van der Waals surface area contributed by atoms with Crippen LogP contribution in [0.1, 0.15) is 16.3 Å². The highest BCUT2D eigenvalue weighted by atomic mass is 35.5. The molecule has 1 amide bonds. The quantitative estimate of drug-likeness (QED) is 0.758. The lowest BCUT2D eigenvalue weighted by atomic mass is 10.3. The zero-order valence-corrected chi connectivity index (χ0v) is 14.7. The molecule has 128 valence electrons. The van der Waals surface area contributed by atoms with Crippen LogP contribution < -0.4 is 10.1 Å². The van der Waals surface area contributed by atoms with Crippen LogP contribution in [0.15, 0.2) is 28.7 Å². The molecular weight excluding hydrogens is 381 g/mol. The number of ether oxygens (including phenoxy) is 2. The van der Waals surface area contributed by atoms with Crippen LogP contribution in [0.5, 0.6) is 5.75 Å². The van der Waals surface area contributed by atoms with Crippen molar-refractivity contribution >= 4 is 46.7 Å². The molecule has 0 aliphatic heterocycles. The number of carbonyl (C=O) groups is 2. The van der Waals surface area contributed by atoms with Crippen molar-refractivity contribution in [1.29, 1.82) is 0 Å². The van der Waals surface area contributed by atoms with Crippen molar-refractivity contribution in [3.05, 3.63) is 50.9 Å². The number of hydrogen-bond acceptors (Lipinski definition) is 5. The maximum Gasteiger partial charge on any atom is 0.325 e. The van der Waals surface area contributed by atoms with Gasteiger partial charge in [0, 0.05) is 5.02 Å². The largest absolute Gasteiger partial charge is 0.483 e. The Morgan fingerprint density at radius 2 is 1.83 bits per heavy atom. The van der Waals surface area contributed by atoms with Crippen LogP contribution in [-0.4, -0.2) is 25.5 Å². The van der Waals surface area contributed by atoms with Crippen LogP contribution in [-0.2, 0) is 16.1 Å². The first-order valence-corrected chi connectivity index (χ1v) is 7.75. The van der Waals surface area contributed by atoms with Crippen LogP contribution >= 0.6 is 34.8 Å². The fourth-order valence-corrected chi connectivity index (χ4v) is 2.63. The molecule has 0 radical (unpaired) electrons. The van der Waals surface area contributed by atoms with Crippen LogP contribution in [0.25, 0.3) is 0 Å². The highest BCUT2D eigenvalue weighted by Crippen LogP contribution is 2.36. The van der Waals surface area contributed by atoms with Crippen molar-refractivity contribution < 1.29 is 23.5 Å². The lowest BCUT2D eigenvalue weighted by molar-refractivity contribution is -0.139. The van der Waals surface area contributed by atoms with Crippen LogP contribution in [0.4, 0.5) is 0 Å². The van der Waals surface area contributed by atoms with Crippen molar-refractivity contribution in [2.24, 2.45) is 0 Å². The van der Waals surface area contributed by atoms with Crippen molar-refractivity contribution in [2.75, 3.05) is 13.7 Å². The van der Waals surface area contributed by atoms with E-state index >= 15 is 0 Å². The molecule has 1 aromatic carbocycles. The Hall–Kier alpha value is -1.89. The van der Waals surface area contributed by atoms with Gasteiger partial charge in [0.25, 0.3) is 5.91 Å². The molecule has 0 bridgehead atoms. The summed E-state index contributed by atoms with van der Waals surface area (Å²) in [6.45, 7) is -0.247. The van der Waals surface area contributed by atoms with Gasteiger partial charge in [-0.25, -0.2) is 0 Å². The van der Waals surface area contributed by atoms with E-state index in [4.69, 9.17) is 44.0 Å². The Bertz CT molecular complexity index is 736. The standard InChI is InChI=1S/C15H12Cl3NO5/c1-22-13(20)6-19-15(21)12-3-2-9(24-12)7-23-14-10(17)4-8(16)5-11(14)18/h2-5H,6-7H2,1H3,(H,19,21). The molecule has 1 aromatic heterocycles. The molecule has 6 nitrogen and oxygen atoms in total. The van der Waals surface area contributed by atoms with Gasteiger partial charge in [-0.1, -0.05) is 34.8 Å². The number of rotatable bonds is 6. The molecule has 0 saturated heterocycles. The number of nitrogens with one attached hydrogen (secondary N) is 1. The number of furan rings is 1. The molecule has 0 fully saturated rings. The average Bonchev–Trinajstić information content (AvgIpc) is 3.00. The zero-order valence-electron chi connectivity index (χ0n) is 12.4. The summed E-state index contributed by atoms with van der Waals surface area (Å²) in [7, 11) is 1.23. The Balaban J connectivity index is 1.97. The summed E-state index contributed by atoms with van der Waals surface area (Å²) in [4.78, 5) is 22.8. The van der Waals surface area contributed by atoms with Crippen molar-refractivity contribution in [3.63, 3.8) is 0 Å². The third-order valence-electron chi connectivity index (χ3n) is 2.83. The number of hydrogen-bond donors (Lipinski definition) is 1. The molecule has 24 heavy (non-hydrogen) atoms. The molecule has 0 spiro atoms. The molecule has 2 rings (SSSR count). The van der Waals surface area contributed by atoms with E-state index in [0.717, 1.165) is 0 Å². The Morgan fingerprint density at radius 3 is 2.46 bits per heavy atom. The summed E-state index contributed by atoms with van der Waals surface area (Å²) in [6.07, 6.45) is 0. The first-order chi connectivity index (χ1) is 11.4. The molecule has 1 heterocycles. The van der Waals surface area contributed by atoms with Crippen molar-refractivity contribution in [1.82, 2.24) is 5.32 Å². The fraction of sp³-hybridized carbons (Fsp3) is 0.200. The van der Waals surface area contributed by atoms with Crippen molar-refractivity contribution in [2.45, 2.75) is 6.61 Å². The average molecular weight is 393 g/mol. The Morgan fingerprint density at radius 1 is 1.17 bits per heavy atom. The number of halogens is 3. The van der Waals surface area contributed by atoms with Gasteiger partial charge in [-0.05, 0) is 24.3 Å². The maximum absolute atomic E-state index is 11.8. The minimum atomic E-state index is -0.564. The van der Waals surface area contributed by atoms with Gasteiger partial charge >= 0.3 is 5.97 Å². The normalized spacial score (nSPS) is 10.3. The lowest BCUT2D eigenvalue weighted by Gasteiger charge is -2.09. The van der Waals surface area contributed by atoms with E-state index in [1.165, 1.54) is 25.3 Å². The SMILES string of the molecule is COC(=O)CNC(=O)c1ccc(COc2c(Cl)cc(Cl)cc2Cl)o1. The third kappa shape index (κ3) is 4.80. The summed E-state index contributed by atoms with van der Waals surface area (Å²) in [5.74, 6) is -0.443. The van der Waals surface area contributed by atoms with Gasteiger partial charge in [-0.15, -0.1) is 0 Å². The maximum atomic E-state index is 11.8. The topological polar surface area (TPSA) is 77.8 Å². The molecule has 0 aliphatic carbocycles. The van der Waals surface area contributed by atoms with Crippen LogP contribution in [0.3, 0.4) is 0 Å². The molecule has 2 aromatic rings. The summed E-state index contributed by atoms with van der Waals surface area (Å²) in [5.41, 5.74) is 0. The van der Waals surface area contributed by atoms with Gasteiger partial charge in [-0.2, -0.15) is 0 Å². The first-order valence-electron chi connectivity index (χ1n) is 6.61. The second-order valence-corrected chi connectivity index (χ2v) is 5.76. The van der Waals surface area contributed by atoms with E-state index in [0.29, 0.717) is 10.8 Å².